The highest BCUT2D eigenvalue weighted by molar-refractivity contribution is 7.90. The second-order valence-corrected chi connectivity index (χ2v) is 7.55. The first-order valence-corrected chi connectivity index (χ1v) is 9.53. The zero-order valence-electron chi connectivity index (χ0n) is 13.3. The van der Waals surface area contributed by atoms with Gasteiger partial charge in [-0.1, -0.05) is 18.5 Å². The van der Waals surface area contributed by atoms with Gasteiger partial charge in [0.15, 0.2) is 9.84 Å². The average molecular weight is 369 g/mol. The van der Waals surface area contributed by atoms with Gasteiger partial charge < -0.3 is 9.47 Å². The monoisotopic (exact) mass is 368 g/mol. The maximum atomic E-state index is 12.2. The third kappa shape index (κ3) is 4.72. The van der Waals surface area contributed by atoms with Crippen LogP contribution in [0.2, 0.25) is 5.02 Å². The van der Waals surface area contributed by atoms with E-state index < -0.39 is 15.8 Å². The van der Waals surface area contributed by atoms with Gasteiger partial charge in [-0.25, -0.2) is 13.2 Å². The quantitative estimate of drug-likeness (QED) is 0.573. The summed E-state index contributed by atoms with van der Waals surface area (Å²) in [6.45, 7) is 2.61. The number of hydrogen-bond acceptors (Lipinski definition) is 5. The minimum Gasteiger partial charge on any atom is -0.494 e. The van der Waals surface area contributed by atoms with Gasteiger partial charge in [-0.2, -0.15) is 0 Å². The van der Waals surface area contributed by atoms with Crippen molar-refractivity contribution >= 4 is 27.4 Å². The predicted molar refractivity (Wildman–Crippen MR) is 91.7 cm³/mol. The molecule has 24 heavy (non-hydrogen) atoms. The first kappa shape index (κ1) is 18.3. The van der Waals surface area contributed by atoms with E-state index in [1.807, 2.05) is 6.92 Å². The van der Waals surface area contributed by atoms with Crippen LogP contribution in [-0.4, -0.2) is 27.2 Å². The number of halogens is 1. The van der Waals surface area contributed by atoms with E-state index in [1.54, 1.807) is 24.3 Å². The summed E-state index contributed by atoms with van der Waals surface area (Å²) in [6.07, 6.45) is 1.95. The van der Waals surface area contributed by atoms with Crippen molar-refractivity contribution in [1.82, 2.24) is 0 Å². The fraction of sp³-hybridized carbons (Fsp3) is 0.235. The zero-order valence-corrected chi connectivity index (χ0v) is 14.9. The third-order valence-corrected chi connectivity index (χ3v) is 4.53. The lowest BCUT2D eigenvalue weighted by atomic mass is 10.2. The largest absolute Gasteiger partial charge is 0.494 e. The molecule has 0 aliphatic heterocycles. The minimum absolute atomic E-state index is 0.00200. The van der Waals surface area contributed by atoms with Crippen LogP contribution in [-0.2, 0) is 9.84 Å². The Morgan fingerprint density at radius 2 is 1.71 bits per heavy atom. The maximum Gasteiger partial charge on any atom is 0.345 e. The van der Waals surface area contributed by atoms with Crippen LogP contribution in [0.5, 0.6) is 11.5 Å². The summed E-state index contributed by atoms with van der Waals surface area (Å²) in [5.74, 6) is 0.256. The maximum absolute atomic E-state index is 12.2. The molecule has 0 N–H and O–H groups in total. The number of ether oxygens (including phenoxy) is 2. The van der Waals surface area contributed by atoms with E-state index in [2.05, 4.69) is 0 Å². The normalized spacial score (nSPS) is 11.1. The highest BCUT2D eigenvalue weighted by Gasteiger charge is 2.17. The Morgan fingerprint density at radius 3 is 2.29 bits per heavy atom. The van der Waals surface area contributed by atoms with E-state index in [4.69, 9.17) is 21.1 Å². The van der Waals surface area contributed by atoms with Crippen molar-refractivity contribution < 1.29 is 22.7 Å². The number of benzene rings is 2. The van der Waals surface area contributed by atoms with E-state index in [1.165, 1.54) is 18.2 Å². The number of hydrogen-bond donors (Lipinski definition) is 0. The first-order chi connectivity index (χ1) is 11.3. The van der Waals surface area contributed by atoms with Crippen LogP contribution in [0.4, 0.5) is 0 Å². The van der Waals surface area contributed by atoms with Crippen molar-refractivity contribution in [2.24, 2.45) is 0 Å². The second kappa shape index (κ2) is 7.68. The summed E-state index contributed by atoms with van der Waals surface area (Å²) in [5, 5.41) is 0.121. The third-order valence-electron chi connectivity index (χ3n) is 3.09. The molecule has 2 aromatic rings. The van der Waals surface area contributed by atoms with E-state index in [-0.39, 0.29) is 15.5 Å². The predicted octanol–water partition coefficient (Wildman–Crippen LogP) is 3.75. The van der Waals surface area contributed by atoms with Crippen molar-refractivity contribution in [1.29, 1.82) is 0 Å². The molecule has 0 saturated heterocycles. The van der Waals surface area contributed by atoms with Crippen LogP contribution in [0.25, 0.3) is 0 Å². The standard InChI is InChI=1S/C17H17ClO5S/c1-3-10-22-12-4-6-13(7-5-12)23-17(19)15-11-14(24(2,20)21)8-9-16(15)18/h4-9,11H,3,10H2,1-2H3. The molecule has 0 aliphatic rings. The smallest absolute Gasteiger partial charge is 0.345 e. The van der Waals surface area contributed by atoms with Gasteiger partial charge in [0.1, 0.15) is 11.5 Å². The molecular formula is C17H17ClO5S. The van der Waals surface area contributed by atoms with Crippen molar-refractivity contribution in [2.45, 2.75) is 18.2 Å². The first-order valence-electron chi connectivity index (χ1n) is 7.26. The van der Waals surface area contributed by atoms with Gasteiger partial charge in [0.25, 0.3) is 0 Å². The fourth-order valence-electron chi connectivity index (χ4n) is 1.88. The SMILES string of the molecule is CCCOc1ccc(OC(=O)c2cc(S(C)(=O)=O)ccc2Cl)cc1. The van der Waals surface area contributed by atoms with Gasteiger partial charge in [0, 0.05) is 6.26 Å². The minimum atomic E-state index is -3.45. The van der Waals surface area contributed by atoms with Crippen LogP contribution < -0.4 is 9.47 Å². The topological polar surface area (TPSA) is 69.7 Å². The van der Waals surface area contributed by atoms with Crippen molar-refractivity contribution in [3.05, 3.63) is 53.1 Å². The summed E-state index contributed by atoms with van der Waals surface area (Å²) in [7, 11) is -3.45. The van der Waals surface area contributed by atoms with Gasteiger partial charge in [-0.15, -0.1) is 0 Å². The number of sulfone groups is 1. The van der Waals surface area contributed by atoms with Crippen LogP contribution in [0, 0.1) is 0 Å². The zero-order chi connectivity index (χ0) is 17.7. The van der Waals surface area contributed by atoms with Crippen LogP contribution in [0.1, 0.15) is 23.7 Å². The van der Waals surface area contributed by atoms with E-state index >= 15 is 0 Å². The Morgan fingerprint density at radius 1 is 1.08 bits per heavy atom. The Kier molecular flexibility index (Phi) is 5.85. The summed E-state index contributed by atoms with van der Waals surface area (Å²) in [5.41, 5.74) is -0.00842. The second-order valence-electron chi connectivity index (χ2n) is 5.12. The molecule has 0 amide bonds. The highest BCUT2D eigenvalue weighted by atomic mass is 35.5. The summed E-state index contributed by atoms with van der Waals surface area (Å²) < 4.78 is 33.9. The number of carbonyl (C=O) groups is 1. The number of carbonyl (C=O) groups excluding carboxylic acids is 1. The van der Waals surface area contributed by atoms with E-state index in [9.17, 15) is 13.2 Å². The van der Waals surface area contributed by atoms with Gasteiger partial charge in [0.2, 0.25) is 0 Å². The molecule has 0 spiro atoms. The van der Waals surface area contributed by atoms with Gasteiger partial charge in [-0.3, -0.25) is 0 Å². The summed E-state index contributed by atoms with van der Waals surface area (Å²) >= 11 is 5.97. The summed E-state index contributed by atoms with van der Waals surface area (Å²) in [4.78, 5) is 12.2. The molecule has 128 valence electrons. The average Bonchev–Trinajstić information content (AvgIpc) is 2.53. The van der Waals surface area contributed by atoms with E-state index in [0.717, 1.165) is 12.7 Å². The Hall–Kier alpha value is -2.05. The van der Waals surface area contributed by atoms with Gasteiger partial charge >= 0.3 is 5.97 Å². The molecule has 0 bridgehead atoms. The summed E-state index contributed by atoms with van der Waals surface area (Å²) in [6, 6.07) is 10.5. The molecule has 2 rings (SSSR count). The van der Waals surface area contributed by atoms with Crippen molar-refractivity contribution in [2.75, 3.05) is 12.9 Å². The molecule has 2 aromatic carbocycles. The highest BCUT2D eigenvalue weighted by Crippen LogP contribution is 2.24. The van der Waals surface area contributed by atoms with Crippen molar-refractivity contribution in [3.63, 3.8) is 0 Å². The van der Waals surface area contributed by atoms with Gasteiger partial charge in [0.05, 0.1) is 22.1 Å². The lowest BCUT2D eigenvalue weighted by Gasteiger charge is -2.09. The molecule has 7 heteroatoms. The van der Waals surface area contributed by atoms with Gasteiger partial charge in [-0.05, 0) is 48.9 Å². The molecule has 0 aliphatic carbocycles. The molecule has 0 atom stereocenters. The van der Waals surface area contributed by atoms with Crippen LogP contribution in [0.15, 0.2) is 47.4 Å². The van der Waals surface area contributed by atoms with Crippen LogP contribution >= 0.6 is 11.6 Å². The Bertz CT molecular complexity index is 829. The molecule has 0 heterocycles. The fourth-order valence-corrected chi connectivity index (χ4v) is 2.72. The molecule has 0 unspecified atom stereocenters. The molecular weight excluding hydrogens is 352 g/mol. The Balaban J connectivity index is 2.18. The molecule has 0 fully saturated rings. The molecule has 5 nitrogen and oxygen atoms in total. The lowest BCUT2D eigenvalue weighted by molar-refractivity contribution is 0.0734. The lowest BCUT2D eigenvalue weighted by Crippen LogP contribution is -2.10. The molecule has 0 aromatic heterocycles. The molecule has 0 radical (unpaired) electrons. The van der Waals surface area contributed by atoms with E-state index in [0.29, 0.717) is 18.1 Å². The number of esters is 1. The Labute approximate surface area is 146 Å². The van der Waals surface area contributed by atoms with Crippen molar-refractivity contribution in [3.8, 4) is 11.5 Å². The van der Waals surface area contributed by atoms with Crippen LogP contribution in [0.3, 0.4) is 0 Å². The molecule has 0 saturated carbocycles. The number of rotatable bonds is 6.